The van der Waals surface area contributed by atoms with E-state index in [0.717, 1.165) is 18.7 Å². The van der Waals surface area contributed by atoms with Gasteiger partial charge in [-0.15, -0.1) is 0 Å². The molecule has 1 aliphatic rings. The van der Waals surface area contributed by atoms with Crippen LogP contribution in [0.3, 0.4) is 0 Å². The van der Waals surface area contributed by atoms with Crippen molar-refractivity contribution in [3.63, 3.8) is 0 Å². The average molecular weight is 270 g/mol. The molecule has 1 saturated carbocycles. The molecule has 2 N–H and O–H groups in total. The van der Waals surface area contributed by atoms with E-state index in [4.69, 9.17) is 10.5 Å². The first-order valence-corrected chi connectivity index (χ1v) is 7.49. The van der Waals surface area contributed by atoms with Gasteiger partial charge in [0.25, 0.3) is 0 Å². The maximum atomic E-state index is 5.95. The molecule has 1 aromatic carbocycles. The van der Waals surface area contributed by atoms with Crippen LogP contribution in [-0.4, -0.2) is 18.1 Å². The Hall–Kier alpha value is -1.45. The van der Waals surface area contributed by atoms with Crippen molar-refractivity contribution in [1.82, 2.24) is 4.98 Å². The number of rotatable bonds is 5. The maximum absolute atomic E-state index is 5.95. The Balaban J connectivity index is 1.63. The normalized spacial score (nSPS) is 22.4. The van der Waals surface area contributed by atoms with E-state index in [1.807, 2.05) is 12.3 Å². The number of fused-ring (bicyclic) bond motifs is 1. The fraction of sp³-hybridized carbons (Fsp3) is 0.471. The summed E-state index contributed by atoms with van der Waals surface area (Å²) >= 11 is 0. The van der Waals surface area contributed by atoms with Crippen molar-refractivity contribution < 1.29 is 4.74 Å². The first-order chi connectivity index (χ1) is 9.88. The van der Waals surface area contributed by atoms with E-state index in [-0.39, 0.29) is 0 Å². The van der Waals surface area contributed by atoms with Crippen LogP contribution in [0.5, 0.6) is 0 Å². The molecule has 3 nitrogen and oxygen atoms in total. The van der Waals surface area contributed by atoms with Gasteiger partial charge < -0.3 is 10.5 Å². The minimum atomic E-state index is 0.641. The third-order valence-corrected chi connectivity index (χ3v) is 4.43. The fourth-order valence-electron chi connectivity index (χ4n) is 3.25. The fourth-order valence-corrected chi connectivity index (χ4v) is 3.25. The molecule has 0 bridgehead atoms. The second-order valence-electron chi connectivity index (χ2n) is 5.69. The summed E-state index contributed by atoms with van der Waals surface area (Å²) in [6, 6.07) is 10.3. The number of benzene rings is 1. The second-order valence-corrected chi connectivity index (χ2v) is 5.69. The monoisotopic (exact) mass is 270 g/mol. The number of hydrogen-bond acceptors (Lipinski definition) is 3. The molecular formula is C17H22N2O. The summed E-state index contributed by atoms with van der Waals surface area (Å²) in [5.74, 6) is 1.29. The molecule has 0 amide bonds. The molecule has 1 aromatic heterocycles. The molecule has 3 heteroatoms. The Morgan fingerprint density at radius 1 is 1.15 bits per heavy atom. The molecule has 2 atom stereocenters. The summed E-state index contributed by atoms with van der Waals surface area (Å²) in [4.78, 5) is 4.46. The predicted octanol–water partition coefficient (Wildman–Crippen LogP) is 3.13. The molecule has 2 unspecified atom stereocenters. The maximum Gasteiger partial charge on any atom is 0.0757 e. The summed E-state index contributed by atoms with van der Waals surface area (Å²) in [5, 5.41) is 1.18. The summed E-state index contributed by atoms with van der Waals surface area (Å²) < 4.78 is 5.95. The quantitative estimate of drug-likeness (QED) is 0.908. The number of para-hydroxylation sites is 1. The van der Waals surface area contributed by atoms with Crippen LogP contribution in [0.25, 0.3) is 10.9 Å². The van der Waals surface area contributed by atoms with Crippen molar-refractivity contribution >= 4 is 10.9 Å². The molecule has 106 valence electrons. The molecule has 1 aliphatic carbocycles. The van der Waals surface area contributed by atoms with Gasteiger partial charge >= 0.3 is 0 Å². The topological polar surface area (TPSA) is 48.1 Å². The Kier molecular flexibility index (Phi) is 4.28. The lowest BCUT2D eigenvalue weighted by atomic mass is 9.97. The summed E-state index contributed by atoms with van der Waals surface area (Å²) in [7, 11) is 0. The van der Waals surface area contributed by atoms with Gasteiger partial charge in [0.05, 0.1) is 18.7 Å². The van der Waals surface area contributed by atoms with Gasteiger partial charge in [-0.1, -0.05) is 30.7 Å². The van der Waals surface area contributed by atoms with Gasteiger partial charge in [-0.25, -0.2) is 0 Å². The Labute approximate surface area is 120 Å². The summed E-state index contributed by atoms with van der Waals surface area (Å²) in [5.41, 5.74) is 8.04. The van der Waals surface area contributed by atoms with E-state index in [1.165, 1.54) is 30.2 Å². The van der Waals surface area contributed by atoms with E-state index < -0.39 is 0 Å². The van der Waals surface area contributed by atoms with Crippen LogP contribution < -0.4 is 5.73 Å². The highest BCUT2D eigenvalue weighted by molar-refractivity contribution is 5.81. The highest BCUT2D eigenvalue weighted by Crippen LogP contribution is 2.31. The predicted molar refractivity (Wildman–Crippen MR) is 81.3 cm³/mol. The molecule has 1 fully saturated rings. The van der Waals surface area contributed by atoms with Crippen LogP contribution in [0, 0.1) is 11.8 Å². The molecule has 0 aliphatic heterocycles. The second kappa shape index (κ2) is 6.33. The zero-order chi connectivity index (χ0) is 13.8. The van der Waals surface area contributed by atoms with Crippen molar-refractivity contribution in [3.05, 3.63) is 42.1 Å². The zero-order valence-electron chi connectivity index (χ0n) is 11.8. The molecule has 3 rings (SSSR count). The summed E-state index contributed by atoms with van der Waals surface area (Å²) in [6.45, 7) is 2.26. The van der Waals surface area contributed by atoms with E-state index in [0.29, 0.717) is 18.4 Å². The van der Waals surface area contributed by atoms with E-state index in [1.54, 1.807) is 0 Å². The van der Waals surface area contributed by atoms with Gasteiger partial charge in [0, 0.05) is 17.1 Å². The SMILES string of the molecule is NCC1CCCC1COCc1cccc2cccnc12. The Bertz CT molecular complexity index is 564. The van der Waals surface area contributed by atoms with Crippen LogP contribution in [0.4, 0.5) is 0 Å². The van der Waals surface area contributed by atoms with Crippen LogP contribution in [-0.2, 0) is 11.3 Å². The minimum Gasteiger partial charge on any atom is -0.376 e. The smallest absolute Gasteiger partial charge is 0.0757 e. The van der Waals surface area contributed by atoms with Gasteiger partial charge in [-0.3, -0.25) is 4.98 Å². The largest absolute Gasteiger partial charge is 0.376 e. The highest BCUT2D eigenvalue weighted by Gasteiger charge is 2.25. The molecule has 1 heterocycles. The van der Waals surface area contributed by atoms with Gasteiger partial charge in [0.2, 0.25) is 0 Å². The molecule has 0 radical (unpaired) electrons. The number of ether oxygens (including phenoxy) is 1. The van der Waals surface area contributed by atoms with Gasteiger partial charge in [-0.2, -0.15) is 0 Å². The molecule has 20 heavy (non-hydrogen) atoms. The van der Waals surface area contributed by atoms with Crippen LogP contribution in [0.2, 0.25) is 0 Å². The third-order valence-electron chi connectivity index (χ3n) is 4.43. The number of pyridine rings is 1. The summed E-state index contributed by atoms with van der Waals surface area (Å²) in [6.07, 6.45) is 5.66. The minimum absolute atomic E-state index is 0.641. The van der Waals surface area contributed by atoms with E-state index >= 15 is 0 Å². The van der Waals surface area contributed by atoms with E-state index in [2.05, 4.69) is 29.2 Å². The molecule has 2 aromatic rings. The van der Waals surface area contributed by atoms with Crippen molar-refractivity contribution in [2.45, 2.75) is 25.9 Å². The van der Waals surface area contributed by atoms with Gasteiger partial charge in [-0.05, 0) is 37.3 Å². The lowest BCUT2D eigenvalue weighted by Crippen LogP contribution is -2.22. The molecular weight excluding hydrogens is 248 g/mol. The standard InChI is InChI=1S/C17H22N2O/c18-10-14-5-2-6-15(14)11-20-12-16-7-1-4-13-8-3-9-19-17(13)16/h1,3-4,7-9,14-15H,2,5-6,10-12,18H2. The highest BCUT2D eigenvalue weighted by atomic mass is 16.5. The van der Waals surface area contributed by atoms with Gasteiger partial charge in [0.1, 0.15) is 0 Å². The van der Waals surface area contributed by atoms with Crippen molar-refractivity contribution in [1.29, 1.82) is 0 Å². The number of nitrogens with two attached hydrogens (primary N) is 1. The van der Waals surface area contributed by atoms with Crippen LogP contribution in [0.15, 0.2) is 36.5 Å². The van der Waals surface area contributed by atoms with Gasteiger partial charge in [0.15, 0.2) is 0 Å². The Morgan fingerprint density at radius 3 is 2.90 bits per heavy atom. The van der Waals surface area contributed by atoms with E-state index in [9.17, 15) is 0 Å². The number of aromatic nitrogens is 1. The lowest BCUT2D eigenvalue weighted by Gasteiger charge is -2.18. The first kappa shape index (κ1) is 13.5. The first-order valence-electron chi connectivity index (χ1n) is 7.49. The lowest BCUT2D eigenvalue weighted by molar-refractivity contribution is 0.0759. The van der Waals surface area contributed by atoms with Crippen LogP contribution in [0.1, 0.15) is 24.8 Å². The third kappa shape index (κ3) is 2.84. The average Bonchev–Trinajstić information content (AvgIpc) is 2.95. The number of nitrogens with zero attached hydrogens (tertiary/aromatic N) is 1. The van der Waals surface area contributed by atoms with Crippen molar-refractivity contribution in [2.24, 2.45) is 17.6 Å². The number of hydrogen-bond donors (Lipinski definition) is 1. The van der Waals surface area contributed by atoms with Crippen molar-refractivity contribution in [3.8, 4) is 0 Å². The van der Waals surface area contributed by atoms with Crippen molar-refractivity contribution in [2.75, 3.05) is 13.2 Å². The van der Waals surface area contributed by atoms with Crippen LogP contribution >= 0.6 is 0 Å². The molecule has 0 spiro atoms. The zero-order valence-corrected chi connectivity index (χ0v) is 11.8. The Morgan fingerprint density at radius 2 is 2.00 bits per heavy atom. The molecule has 0 saturated heterocycles.